The first-order valence-corrected chi connectivity index (χ1v) is 7.09. The number of hydrogen-bond donors (Lipinski definition) is 1. The molecule has 120 valence electrons. The topological polar surface area (TPSA) is 110 Å². The number of morpholine rings is 1. The smallest absolute Gasteiger partial charge is 0.305 e. The predicted octanol–water partition coefficient (Wildman–Crippen LogP) is -0.0220. The van der Waals surface area contributed by atoms with E-state index in [-0.39, 0.29) is 18.9 Å². The highest BCUT2D eigenvalue weighted by Gasteiger charge is 2.29. The zero-order valence-corrected chi connectivity index (χ0v) is 12.2. The van der Waals surface area contributed by atoms with Crippen LogP contribution in [0.15, 0.2) is 30.6 Å². The van der Waals surface area contributed by atoms with Crippen LogP contribution in [0.3, 0.4) is 0 Å². The summed E-state index contributed by atoms with van der Waals surface area (Å²) in [6, 6.07) is 6.40. The van der Waals surface area contributed by atoms with Crippen molar-refractivity contribution in [1.29, 1.82) is 0 Å². The summed E-state index contributed by atoms with van der Waals surface area (Å²) in [5, 5.41) is 19.9. The number of hydrogen-bond acceptors (Lipinski definition) is 6. The lowest BCUT2D eigenvalue weighted by atomic mass is 10.1. The minimum atomic E-state index is -0.958. The average molecular weight is 317 g/mol. The molecule has 1 aromatic carbocycles. The van der Waals surface area contributed by atoms with Gasteiger partial charge in [-0.1, -0.05) is 6.07 Å². The van der Waals surface area contributed by atoms with Crippen molar-refractivity contribution in [3.05, 3.63) is 36.2 Å². The minimum Gasteiger partial charge on any atom is -0.481 e. The lowest BCUT2D eigenvalue weighted by molar-refractivity contribution is -0.139. The standard InChI is InChI=1S/C14H15N5O4/c20-13(21)7-12-8-23-5-4-18(12)14(22)10-2-1-3-11(6-10)19-9-15-16-17-19/h1-3,6,9,12H,4-5,7-8H2,(H,20,21). The Morgan fingerprint density at radius 2 is 2.26 bits per heavy atom. The molecule has 9 heteroatoms. The van der Waals surface area contributed by atoms with Crippen molar-refractivity contribution in [3.8, 4) is 5.69 Å². The number of carbonyl (C=O) groups is 2. The van der Waals surface area contributed by atoms with Gasteiger partial charge in [0, 0.05) is 12.1 Å². The third kappa shape index (κ3) is 3.34. The van der Waals surface area contributed by atoms with Gasteiger partial charge in [0.2, 0.25) is 0 Å². The lowest BCUT2D eigenvalue weighted by Gasteiger charge is -2.34. The summed E-state index contributed by atoms with van der Waals surface area (Å²) in [7, 11) is 0. The van der Waals surface area contributed by atoms with Gasteiger partial charge in [0.25, 0.3) is 5.91 Å². The summed E-state index contributed by atoms with van der Waals surface area (Å²) < 4.78 is 6.74. The zero-order chi connectivity index (χ0) is 16.2. The number of benzene rings is 1. The SMILES string of the molecule is O=C(O)CC1COCCN1C(=O)c1cccc(-n2cnnn2)c1. The van der Waals surface area contributed by atoms with Gasteiger partial charge in [0.05, 0.1) is 31.4 Å². The van der Waals surface area contributed by atoms with Gasteiger partial charge in [0.15, 0.2) is 0 Å². The van der Waals surface area contributed by atoms with Gasteiger partial charge in [-0.25, -0.2) is 4.68 Å². The number of aliphatic carboxylic acids is 1. The third-order valence-electron chi connectivity index (χ3n) is 3.61. The first-order valence-electron chi connectivity index (χ1n) is 7.09. The molecule has 1 amide bonds. The maximum atomic E-state index is 12.7. The second-order valence-corrected chi connectivity index (χ2v) is 5.13. The monoisotopic (exact) mass is 317 g/mol. The van der Waals surface area contributed by atoms with E-state index in [2.05, 4.69) is 15.5 Å². The highest BCUT2D eigenvalue weighted by Crippen LogP contribution is 2.17. The molecule has 0 bridgehead atoms. The number of aromatic nitrogens is 4. The van der Waals surface area contributed by atoms with E-state index in [4.69, 9.17) is 9.84 Å². The summed E-state index contributed by atoms with van der Waals surface area (Å²) in [5.74, 6) is -1.18. The largest absolute Gasteiger partial charge is 0.481 e. The molecule has 1 N–H and O–H groups in total. The van der Waals surface area contributed by atoms with E-state index in [1.54, 1.807) is 29.2 Å². The molecule has 1 aliphatic rings. The van der Waals surface area contributed by atoms with Gasteiger partial charge in [-0.15, -0.1) is 5.10 Å². The quantitative estimate of drug-likeness (QED) is 0.843. The number of carbonyl (C=O) groups excluding carboxylic acids is 1. The molecule has 3 rings (SSSR count). The minimum absolute atomic E-state index is 0.140. The number of carboxylic acids is 1. The van der Waals surface area contributed by atoms with Gasteiger partial charge < -0.3 is 14.7 Å². The molecule has 0 saturated carbocycles. The van der Waals surface area contributed by atoms with Crippen LogP contribution in [-0.2, 0) is 9.53 Å². The molecule has 1 unspecified atom stereocenters. The molecule has 0 spiro atoms. The Hall–Kier alpha value is -2.81. The van der Waals surface area contributed by atoms with Gasteiger partial charge in [-0.05, 0) is 28.6 Å². The molecule has 1 saturated heterocycles. The lowest BCUT2D eigenvalue weighted by Crippen LogP contribution is -2.49. The average Bonchev–Trinajstić information content (AvgIpc) is 3.09. The van der Waals surface area contributed by atoms with E-state index in [0.717, 1.165) is 0 Å². The number of tetrazole rings is 1. The van der Waals surface area contributed by atoms with Crippen molar-refractivity contribution in [2.75, 3.05) is 19.8 Å². The van der Waals surface area contributed by atoms with E-state index in [1.165, 1.54) is 11.0 Å². The van der Waals surface area contributed by atoms with Crippen LogP contribution in [0.2, 0.25) is 0 Å². The van der Waals surface area contributed by atoms with E-state index in [0.29, 0.717) is 24.4 Å². The van der Waals surface area contributed by atoms with Crippen molar-refractivity contribution in [1.82, 2.24) is 25.1 Å². The normalized spacial score (nSPS) is 17.9. The van der Waals surface area contributed by atoms with Crippen LogP contribution >= 0.6 is 0 Å². The Bertz CT molecular complexity index is 703. The molecule has 2 aromatic rings. The Labute approximate surface area is 131 Å². The van der Waals surface area contributed by atoms with Crippen molar-refractivity contribution < 1.29 is 19.4 Å². The molecule has 0 aliphatic carbocycles. The number of carboxylic acid groups (broad SMARTS) is 1. The highest BCUT2D eigenvalue weighted by molar-refractivity contribution is 5.95. The van der Waals surface area contributed by atoms with Crippen LogP contribution in [-0.4, -0.2) is 67.9 Å². The summed E-state index contributed by atoms with van der Waals surface area (Å²) in [6.07, 6.45) is 1.30. The summed E-state index contributed by atoms with van der Waals surface area (Å²) in [5.41, 5.74) is 1.11. The molecular weight excluding hydrogens is 302 g/mol. The van der Waals surface area contributed by atoms with E-state index >= 15 is 0 Å². The zero-order valence-electron chi connectivity index (χ0n) is 12.2. The number of ether oxygens (including phenoxy) is 1. The number of nitrogens with zero attached hydrogens (tertiary/aromatic N) is 5. The summed E-state index contributed by atoms with van der Waals surface area (Å²) in [6.45, 7) is 0.991. The second-order valence-electron chi connectivity index (χ2n) is 5.13. The fourth-order valence-corrected chi connectivity index (χ4v) is 2.52. The fourth-order valence-electron chi connectivity index (χ4n) is 2.52. The molecule has 9 nitrogen and oxygen atoms in total. The van der Waals surface area contributed by atoms with Gasteiger partial charge in [-0.2, -0.15) is 0 Å². The van der Waals surface area contributed by atoms with Gasteiger partial charge >= 0.3 is 5.97 Å². The Morgan fingerprint density at radius 1 is 1.39 bits per heavy atom. The maximum absolute atomic E-state index is 12.7. The first kappa shape index (κ1) is 15.1. The fraction of sp³-hybridized carbons (Fsp3) is 0.357. The molecule has 1 aliphatic heterocycles. The third-order valence-corrected chi connectivity index (χ3v) is 3.61. The first-order chi connectivity index (χ1) is 11.1. The van der Waals surface area contributed by atoms with Crippen molar-refractivity contribution >= 4 is 11.9 Å². The van der Waals surface area contributed by atoms with Crippen LogP contribution in [0.5, 0.6) is 0 Å². The van der Waals surface area contributed by atoms with Crippen LogP contribution in [0.25, 0.3) is 5.69 Å². The van der Waals surface area contributed by atoms with Crippen molar-refractivity contribution in [2.24, 2.45) is 0 Å². The molecule has 1 atom stereocenters. The van der Waals surface area contributed by atoms with Gasteiger partial charge in [-0.3, -0.25) is 9.59 Å². The second kappa shape index (κ2) is 6.53. The van der Waals surface area contributed by atoms with Crippen molar-refractivity contribution in [3.63, 3.8) is 0 Å². The molecular formula is C14H15N5O4. The van der Waals surface area contributed by atoms with Gasteiger partial charge in [0.1, 0.15) is 6.33 Å². The predicted molar refractivity (Wildman–Crippen MR) is 77.1 cm³/mol. The van der Waals surface area contributed by atoms with Crippen molar-refractivity contribution in [2.45, 2.75) is 12.5 Å². The molecule has 1 fully saturated rings. The van der Waals surface area contributed by atoms with E-state index in [1.807, 2.05) is 0 Å². The number of rotatable bonds is 4. The Kier molecular flexibility index (Phi) is 4.29. The highest BCUT2D eigenvalue weighted by atomic mass is 16.5. The molecule has 2 heterocycles. The van der Waals surface area contributed by atoms with Crippen LogP contribution in [0, 0.1) is 0 Å². The van der Waals surface area contributed by atoms with E-state index < -0.39 is 12.0 Å². The van der Waals surface area contributed by atoms with Crippen LogP contribution in [0.4, 0.5) is 0 Å². The van der Waals surface area contributed by atoms with Crippen LogP contribution < -0.4 is 0 Å². The van der Waals surface area contributed by atoms with E-state index in [9.17, 15) is 9.59 Å². The Morgan fingerprint density at radius 3 is 3.00 bits per heavy atom. The summed E-state index contributed by atoms with van der Waals surface area (Å²) in [4.78, 5) is 25.2. The van der Waals surface area contributed by atoms with Crippen LogP contribution in [0.1, 0.15) is 16.8 Å². The Balaban J connectivity index is 1.84. The molecule has 23 heavy (non-hydrogen) atoms. The molecule has 1 aromatic heterocycles. The summed E-state index contributed by atoms with van der Waals surface area (Å²) >= 11 is 0. The number of amides is 1. The molecule has 0 radical (unpaired) electrons. The maximum Gasteiger partial charge on any atom is 0.305 e.